The normalized spacial score (nSPS) is 25.3. The molecule has 30 heavy (non-hydrogen) atoms. The summed E-state index contributed by atoms with van der Waals surface area (Å²) in [5.74, 6) is 2.44. The van der Waals surface area contributed by atoms with Gasteiger partial charge in [0.25, 0.3) is 0 Å². The molecule has 2 fully saturated rings. The lowest BCUT2D eigenvalue weighted by Gasteiger charge is -2.37. The molecule has 3 atom stereocenters. The summed E-state index contributed by atoms with van der Waals surface area (Å²) in [6.07, 6.45) is 1.70. The van der Waals surface area contributed by atoms with Crippen LogP contribution in [0.25, 0.3) is 0 Å². The van der Waals surface area contributed by atoms with Crippen LogP contribution in [0.1, 0.15) is 17.4 Å². The summed E-state index contributed by atoms with van der Waals surface area (Å²) in [4.78, 5) is 25.8. The minimum absolute atomic E-state index is 0.00831. The molecule has 2 amide bonds. The van der Waals surface area contributed by atoms with E-state index in [0.29, 0.717) is 57.8 Å². The number of hydrogen-bond acceptors (Lipinski definition) is 6. The van der Waals surface area contributed by atoms with E-state index in [4.69, 9.17) is 14.2 Å². The van der Waals surface area contributed by atoms with E-state index in [1.54, 1.807) is 12.3 Å². The van der Waals surface area contributed by atoms with Gasteiger partial charge in [0.05, 0.1) is 32.5 Å². The SMILES string of the molecule is Cc1nccc(OC[C@@H]2CN(C(=O)N3CCOCC3)[C@H]3c4ccccc4OC[C@@H]23)n1. The lowest BCUT2D eigenvalue weighted by atomic mass is 9.86. The van der Waals surface area contributed by atoms with Crippen molar-refractivity contribution in [2.24, 2.45) is 11.8 Å². The van der Waals surface area contributed by atoms with Gasteiger partial charge >= 0.3 is 6.03 Å². The van der Waals surface area contributed by atoms with Crippen LogP contribution in [0.3, 0.4) is 0 Å². The first-order valence-corrected chi connectivity index (χ1v) is 10.5. The summed E-state index contributed by atoms with van der Waals surface area (Å²) in [5, 5.41) is 0. The van der Waals surface area contributed by atoms with Gasteiger partial charge in [-0.1, -0.05) is 18.2 Å². The molecule has 0 saturated carbocycles. The zero-order chi connectivity index (χ0) is 20.5. The molecule has 3 aliphatic rings. The maximum Gasteiger partial charge on any atom is 0.320 e. The molecule has 158 valence electrons. The highest BCUT2D eigenvalue weighted by Gasteiger charge is 2.49. The molecule has 1 aromatic heterocycles. The Hall–Kier alpha value is -2.87. The Bertz CT molecular complexity index is 918. The zero-order valence-corrected chi connectivity index (χ0v) is 17.1. The van der Waals surface area contributed by atoms with Gasteiger partial charge < -0.3 is 24.0 Å². The first-order chi connectivity index (χ1) is 14.7. The van der Waals surface area contributed by atoms with E-state index in [9.17, 15) is 4.79 Å². The van der Waals surface area contributed by atoms with Crippen LogP contribution in [-0.4, -0.2) is 71.9 Å². The summed E-state index contributed by atoms with van der Waals surface area (Å²) in [7, 11) is 0. The fourth-order valence-corrected chi connectivity index (χ4v) is 4.68. The molecule has 0 radical (unpaired) electrons. The van der Waals surface area contributed by atoms with E-state index in [1.165, 1.54) is 0 Å². The molecule has 0 spiro atoms. The van der Waals surface area contributed by atoms with Gasteiger partial charge in [0.2, 0.25) is 5.88 Å². The zero-order valence-electron chi connectivity index (χ0n) is 17.1. The molecule has 2 aromatic rings. The predicted molar refractivity (Wildman–Crippen MR) is 108 cm³/mol. The molecule has 8 heteroatoms. The van der Waals surface area contributed by atoms with Gasteiger partial charge in [-0.2, -0.15) is 4.98 Å². The van der Waals surface area contributed by atoms with Crippen molar-refractivity contribution in [1.29, 1.82) is 0 Å². The van der Waals surface area contributed by atoms with Crippen molar-refractivity contribution >= 4 is 6.03 Å². The van der Waals surface area contributed by atoms with E-state index in [2.05, 4.69) is 16.0 Å². The third-order valence-electron chi connectivity index (χ3n) is 6.17. The van der Waals surface area contributed by atoms with Crippen molar-refractivity contribution in [3.05, 3.63) is 47.9 Å². The molecular formula is C22H26N4O4. The van der Waals surface area contributed by atoms with Gasteiger partial charge in [-0.3, -0.25) is 0 Å². The van der Waals surface area contributed by atoms with Gasteiger partial charge in [0, 0.05) is 49.3 Å². The lowest BCUT2D eigenvalue weighted by Crippen LogP contribution is -2.48. The topological polar surface area (TPSA) is 77.0 Å². The van der Waals surface area contributed by atoms with Gasteiger partial charge in [0.15, 0.2) is 0 Å². The molecule has 3 aliphatic heterocycles. The second-order valence-electron chi connectivity index (χ2n) is 8.01. The van der Waals surface area contributed by atoms with Gasteiger partial charge in [-0.15, -0.1) is 0 Å². The second-order valence-corrected chi connectivity index (χ2v) is 8.01. The maximum atomic E-state index is 13.4. The Morgan fingerprint density at radius 3 is 2.90 bits per heavy atom. The second kappa shape index (κ2) is 8.10. The van der Waals surface area contributed by atoms with Crippen LogP contribution >= 0.6 is 0 Å². The first kappa shape index (κ1) is 19.1. The Kier molecular flexibility index (Phi) is 5.16. The standard InChI is InChI=1S/C22H26N4O4/c1-15-23-7-6-20(24-15)30-13-16-12-26(22(27)25-8-10-28-11-9-25)21-17-4-2-3-5-19(17)29-14-18(16)21/h2-7,16,18,21H,8-14H2,1H3/t16-,18-,21-/m0/s1. The lowest BCUT2D eigenvalue weighted by molar-refractivity contribution is 0.0395. The molecule has 5 rings (SSSR count). The van der Waals surface area contributed by atoms with Crippen LogP contribution in [0.15, 0.2) is 36.5 Å². The van der Waals surface area contributed by atoms with Crippen LogP contribution in [0, 0.1) is 18.8 Å². The summed E-state index contributed by atoms with van der Waals surface area (Å²) < 4.78 is 17.5. The number of para-hydroxylation sites is 1. The van der Waals surface area contributed by atoms with E-state index >= 15 is 0 Å². The average molecular weight is 410 g/mol. The Labute approximate surface area is 175 Å². The van der Waals surface area contributed by atoms with Crippen LogP contribution in [-0.2, 0) is 4.74 Å². The number of ether oxygens (including phenoxy) is 3. The van der Waals surface area contributed by atoms with Crippen LogP contribution in [0.4, 0.5) is 4.79 Å². The Balaban J connectivity index is 1.39. The number of amides is 2. The number of aromatic nitrogens is 2. The molecule has 0 aliphatic carbocycles. The van der Waals surface area contributed by atoms with Crippen LogP contribution in [0.5, 0.6) is 11.6 Å². The number of likely N-dealkylation sites (tertiary alicyclic amines) is 1. The third-order valence-corrected chi connectivity index (χ3v) is 6.17. The largest absolute Gasteiger partial charge is 0.493 e. The van der Waals surface area contributed by atoms with Gasteiger partial charge in [-0.05, 0) is 13.0 Å². The number of fused-ring (bicyclic) bond motifs is 3. The minimum atomic E-state index is -0.00831. The molecule has 0 unspecified atom stereocenters. The molecule has 4 heterocycles. The summed E-state index contributed by atoms with van der Waals surface area (Å²) >= 11 is 0. The van der Waals surface area contributed by atoms with Crippen LogP contribution < -0.4 is 9.47 Å². The monoisotopic (exact) mass is 410 g/mol. The van der Waals surface area contributed by atoms with E-state index in [-0.39, 0.29) is 23.9 Å². The van der Waals surface area contributed by atoms with E-state index < -0.39 is 0 Å². The highest BCUT2D eigenvalue weighted by Crippen LogP contribution is 2.47. The number of urea groups is 1. The first-order valence-electron chi connectivity index (χ1n) is 10.5. The Morgan fingerprint density at radius 2 is 2.07 bits per heavy atom. The number of hydrogen-bond donors (Lipinski definition) is 0. The molecular weight excluding hydrogens is 384 g/mol. The number of carbonyl (C=O) groups is 1. The van der Waals surface area contributed by atoms with Gasteiger partial charge in [0.1, 0.15) is 11.6 Å². The Morgan fingerprint density at radius 1 is 1.23 bits per heavy atom. The summed E-state index contributed by atoms with van der Waals surface area (Å²) in [5.41, 5.74) is 1.08. The summed E-state index contributed by atoms with van der Waals surface area (Å²) in [6, 6.07) is 9.87. The van der Waals surface area contributed by atoms with E-state index in [0.717, 1.165) is 11.3 Å². The predicted octanol–water partition coefficient (Wildman–Crippen LogP) is 2.30. The number of rotatable bonds is 3. The molecule has 2 saturated heterocycles. The third kappa shape index (κ3) is 3.56. The van der Waals surface area contributed by atoms with Gasteiger partial charge in [-0.25, -0.2) is 9.78 Å². The number of carbonyl (C=O) groups excluding carboxylic acids is 1. The van der Waals surface area contributed by atoms with Crippen molar-refractivity contribution in [3.8, 4) is 11.6 Å². The number of aryl methyl sites for hydroxylation is 1. The minimum Gasteiger partial charge on any atom is -0.493 e. The summed E-state index contributed by atoms with van der Waals surface area (Å²) in [6.45, 7) is 5.97. The molecule has 1 aromatic carbocycles. The van der Waals surface area contributed by atoms with Crippen molar-refractivity contribution in [1.82, 2.24) is 19.8 Å². The molecule has 0 bridgehead atoms. The van der Waals surface area contributed by atoms with Crippen LogP contribution in [0.2, 0.25) is 0 Å². The smallest absolute Gasteiger partial charge is 0.320 e. The number of nitrogens with zero attached hydrogens (tertiary/aromatic N) is 4. The van der Waals surface area contributed by atoms with Crippen molar-refractivity contribution in [3.63, 3.8) is 0 Å². The number of morpholine rings is 1. The molecule has 0 N–H and O–H groups in total. The fourth-order valence-electron chi connectivity index (χ4n) is 4.68. The average Bonchev–Trinajstić information content (AvgIpc) is 3.17. The van der Waals surface area contributed by atoms with Crippen molar-refractivity contribution < 1.29 is 19.0 Å². The highest BCUT2D eigenvalue weighted by atomic mass is 16.5. The highest BCUT2D eigenvalue weighted by molar-refractivity contribution is 5.76. The van der Waals surface area contributed by atoms with Crippen molar-refractivity contribution in [2.45, 2.75) is 13.0 Å². The number of benzene rings is 1. The maximum absolute atomic E-state index is 13.4. The van der Waals surface area contributed by atoms with E-state index in [1.807, 2.05) is 34.9 Å². The molecule has 8 nitrogen and oxygen atoms in total. The quantitative estimate of drug-likeness (QED) is 0.773. The van der Waals surface area contributed by atoms with Crippen molar-refractivity contribution in [2.75, 3.05) is 46.1 Å². The fraction of sp³-hybridized carbons (Fsp3) is 0.500.